The number of hydrogen-bond acceptors (Lipinski definition) is 3. The second kappa shape index (κ2) is 9.07. The van der Waals surface area contributed by atoms with E-state index in [1.807, 2.05) is 18.2 Å². The molecule has 1 fully saturated rings. The molecule has 1 aromatic rings. The van der Waals surface area contributed by atoms with Crippen LogP contribution in [-0.4, -0.2) is 43.6 Å². The van der Waals surface area contributed by atoms with E-state index in [0.29, 0.717) is 12.6 Å². The lowest BCUT2D eigenvalue weighted by atomic mass is 9.81. The minimum Gasteiger partial charge on any atom is -0.493 e. The number of fused-ring (bicyclic) bond motifs is 1. The van der Waals surface area contributed by atoms with Crippen molar-refractivity contribution in [2.75, 3.05) is 27.2 Å². The van der Waals surface area contributed by atoms with E-state index in [2.05, 4.69) is 30.4 Å². The molecular formula is C19H31IN4O. The van der Waals surface area contributed by atoms with Crippen LogP contribution in [0.4, 0.5) is 0 Å². The maximum atomic E-state index is 6.22. The van der Waals surface area contributed by atoms with Gasteiger partial charge in [-0.3, -0.25) is 4.99 Å². The summed E-state index contributed by atoms with van der Waals surface area (Å²) in [5, 5.41) is 3.40. The lowest BCUT2D eigenvalue weighted by Gasteiger charge is -2.42. The number of para-hydroxylation sites is 1. The summed E-state index contributed by atoms with van der Waals surface area (Å²) in [5.41, 5.74) is 7.55. The third-order valence-corrected chi connectivity index (χ3v) is 5.56. The van der Waals surface area contributed by atoms with Crippen molar-refractivity contribution < 1.29 is 4.74 Å². The zero-order valence-corrected chi connectivity index (χ0v) is 17.7. The number of guanidine groups is 1. The molecule has 0 aromatic heterocycles. The molecule has 1 aliphatic carbocycles. The van der Waals surface area contributed by atoms with E-state index in [4.69, 9.17) is 15.5 Å². The summed E-state index contributed by atoms with van der Waals surface area (Å²) >= 11 is 0. The maximum absolute atomic E-state index is 6.22. The lowest BCUT2D eigenvalue weighted by molar-refractivity contribution is 0.109. The molecule has 5 nitrogen and oxygen atoms in total. The first-order chi connectivity index (χ1) is 11.6. The first kappa shape index (κ1) is 20.3. The second-order valence-electron chi connectivity index (χ2n) is 7.25. The molecule has 0 radical (unpaired) electrons. The predicted octanol–water partition coefficient (Wildman–Crippen LogP) is 3.30. The highest BCUT2D eigenvalue weighted by Crippen LogP contribution is 2.33. The summed E-state index contributed by atoms with van der Waals surface area (Å²) in [6.45, 7) is 1.48. The minimum atomic E-state index is 0. The van der Waals surface area contributed by atoms with Gasteiger partial charge in [0, 0.05) is 17.5 Å². The summed E-state index contributed by atoms with van der Waals surface area (Å²) in [6.07, 6.45) is 7.23. The molecule has 1 aliphatic heterocycles. The van der Waals surface area contributed by atoms with E-state index in [1.54, 1.807) is 0 Å². The smallest absolute Gasteiger partial charge is 0.189 e. The van der Waals surface area contributed by atoms with Crippen LogP contribution in [0, 0.1) is 0 Å². The Hall–Kier alpha value is -1.02. The molecule has 140 valence electrons. The number of nitrogens with one attached hydrogen (secondary N) is 1. The van der Waals surface area contributed by atoms with Crippen molar-refractivity contribution in [3.8, 4) is 5.75 Å². The van der Waals surface area contributed by atoms with Gasteiger partial charge in [-0.15, -0.1) is 24.0 Å². The number of ether oxygens (including phenoxy) is 1. The van der Waals surface area contributed by atoms with Crippen molar-refractivity contribution in [3.63, 3.8) is 0 Å². The second-order valence-corrected chi connectivity index (χ2v) is 7.25. The standard InChI is InChI=1S/C19H30N4O.HI/c1-23(2)19(11-6-3-7-12-19)14-21-18(20)22-16-10-13-24-17-9-5-4-8-15(16)17;/h4-5,8-9,16H,3,6-7,10-14H2,1-2H3,(H3,20,21,22);1H. The Balaban J connectivity index is 0.00000225. The summed E-state index contributed by atoms with van der Waals surface area (Å²) in [4.78, 5) is 7.05. The number of aliphatic imine (C=N–C) groups is 1. The van der Waals surface area contributed by atoms with Crippen molar-refractivity contribution in [2.24, 2.45) is 10.7 Å². The number of halogens is 1. The van der Waals surface area contributed by atoms with Crippen molar-refractivity contribution in [1.82, 2.24) is 10.2 Å². The molecule has 1 unspecified atom stereocenters. The summed E-state index contributed by atoms with van der Waals surface area (Å²) in [7, 11) is 4.33. The Morgan fingerprint density at radius 2 is 2.00 bits per heavy atom. The molecule has 0 saturated heterocycles. The van der Waals surface area contributed by atoms with Gasteiger partial charge in [-0.2, -0.15) is 0 Å². The molecule has 3 rings (SSSR count). The zero-order chi connectivity index (χ0) is 17.0. The Kier molecular flexibility index (Phi) is 7.37. The van der Waals surface area contributed by atoms with Crippen molar-refractivity contribution in [2.45, 2.75) is 50.1 Å². The largest absolute Gasteiger partial charge is 0.493 e. The van der Waals surface area contributed by atoms with Crippen LogP contribution in [0.3, 0.4) is 0 Å². The van der Waals surface area contributed by atoms with Gasteiger partial charge in [0.25, 0.3) is 0 Å². The van der Waals surface area contributed by atoms with Crippen LogP contribution in [0.25, 0.3) is 0 Å². The molecule has 2 aliphatic rings. The predicted molar refractivity (Wildman–Crippen MR) is 114 cm³/mol. The first-order valence-electron chi connectivity index (χ1n) is 9.06. The highest BCUT2D eigenvalue weighted by molar-refractivity contribution is 14.0. The van der Waals surface area contributed by atoms with Gasteiger partial charge >= 0.3 is 0 Å². The van der Waals surface area contributed by atoms with Gasteiger partial charge in [-0.1, -0.05) is 37.5 Å². The van der Waals surface area contributed by atoms with Gasteiger partial charge in [0.2, 0.25) is 0 Å². The average Bonchev–Trinajstić information content (AvgIpc) is 2.61. The van der Waals surface area contributed by atoms with E-state index in [1.165, 1.54) is 37.7 Å². The van der Waals surface area contributed by atoms with Crippen LogP contribution in [0.5, 0.6) is 5.75 Å². The van der Waals surface area contributed by atoms with Gasteiger partial charge < -0.3 is 20.7 Å². The lowest BCUT2D eigenvalue weighted by Crippen LogP contribution is -2.49. The van der Waals surface area contributed by atoms with E-state index in [-0.39, 0.29) is 35.6 Å². The molecule has 1 saturated carbocycles. The number of likely N-dealkylation sites (N-methyl/N-ethyl adjacent to an activating group) is 1. The van der Waals surface area contributed by atoms with Gasteiger partial charge in [0.1, 0.15) is 5.75 Å². The van der Waals surface area contributed by atoms with E-state index in [0.717, 1.165) is 18.7 Å². The van der Waals surface area contributed by atoms with Crippen molar-refractivity contribution in [3.05, 3.63) is 29.8 Å². The van der Waals surface area contributed by atoms with Crippen LogP contribution in [0.1, 0.15) is 50.1 Å². The fraction of sp³-hybridized carbons (Fsp3) is 0.632. The summed E-state index contributed by atoms with van der Waals surface area (Å²) in [5.74, 6) is 1.49. The summed E-state index contributed by atoms with van der Waals surface area (Å²) < 4.78 is 5.71. The molecular weight excluding hydrogens is 427 g/mol. The third-order valence-electron chi connectivity index (χ3n) is 5.56. The highest BCUT2D eigenvalue weighted by Gasteiger charge is 2.34. The van der Waals surface area contributed by atoms with Crippen LogP contribution >= 0.6 is 24.0 Å². The molecule has 1 heterocycles. The molecule has 0 spiro atoms. The number of benzene rings is 1. The van der Waals surface area contributed by atoms with E-state index in [9.17, 15) is 0 Å². The van der Waals surface area contributed by atoms with Crippen molar-refractivity contribution in [1.29, 1.82) is 0 Å². The Morgan fingerprint density at radius 1 is 1.28 bits per heavy atom. The number of nitrogens with two attached hydrogens (primary N) is 1. The Bertz CT molecular complexity index is 585. The fourth-order valence-electron chi connectivity index (χ4n) is 3.91. The molecule has 3 N–H and O–H groups in total. The van der Waals surface area contributed by atoms with Gasteiger partial charge in [0.15, 0.2) is 5.96 Å². The first-order valence-corrected chi connectivity index (χ1v) is 9.06. The molecule has 6 heteroatoms. The van der Waals surface area contributed by atoms with Gasteiger partial charge in [0.05, 0.1) is 19.2 Å². The van der Waals surface area contributed by atoms with Crippen LogP contribution in [0.2, 0.25) is 0 Å². The van der Waals surface area contributed by atoms with Gasteiger partial charge in [-0.05, 0) is 33.0 Å². The normalized spacial score (nSPS) is 22.5. The Morgan fingerprint density at radius 3 is 2.72 bits per heavy atom. The molecule has 1 aromatic carbocycles. The fourth-order valence-corrected chi connectivity index (χ4v) is 3.91. The minimum absolute atomic E-state index is 0. The maximum Gasteiger partial charge on any atom is 0.189 e. The monoisotopic (exact) mass is 458 g/mol. The Labute approximate surface area is 168 Å². The quantitative estimate of drug-likeness (QED) is 0.413. The number of rotatable bonds is 4. The van der Waals surface area contributed by atoms with E-state index >= 15 is 0 Å². The topological polar surface area (TPSA) is 62.9 Å². The average molecular weight is 458 g/mol. The molecule has 25 heavy (non-hydrogen) atoms. The third kappa shape index (κ3) is 4.78. The zero-order valence-electron chi connectivity index (χ0n) is 15.3. The van der Waals surface area contributed by atoms with Crippen molar-refractivity contribution >= 4 is 29.9 Å². The van der Waals surface area contributed by atoms with Crippen LogP contribution < -0.4 is 15.8 Å². The van der Waals surface area contributed by atoms with E-state index < -0.39 is 0 Å². The molecule has 0 bridgehead atoms. The molecule has 0 amide bonds. The molecule has 1 atom stereocenters. The SMILES string of the molecule is CN(C)C1(CN=C(N)NC2CCOc3ccccc32)CCCCC1.I. The van der Waals surface area contributed by atoms with Crippen LogP contribution in [0.15, 0.2) is 29.3 Å². The highest BCUT2D eigenvalue weighted by atomic mass is 127. The van der Waals surface area contributed by atoms with Gasteiger partial charge in [-0.25, -0.2) is 0 Å². The number of nitrogens with zero attached hydrogens (tertiary/aromatic N) is 2. The summed E-state index contributed by atoms with van der Waals surface area (Å²) in [6, 6.07) is 8.34. The van der Waals surface area contributed by atoms with Crippen LogP contribution in [-0.2, 0) is 0 Å². The number of hydrogen-bond donors (Lipinski definition) is 2.